The molecule has 2 aromatic rings. The van der Waals surface area contributed by atoms with Crippen molar-refractivity contribution in [2.75, 3.05) is 5.32 Å². The predicted octanol–water partition coefficient (Wildman–Crippen LogP) is 2.17. The van der Waals surface area contributed by atoms with Crippen molar-refractivity contribution in [1.82, 2.24) is 19.6 Å². The van der Waals surface area contributed by atoms with Gasteiger partial charge in [-0.15, -0.1) is 0 Å². The smallest absolute Gasteiger partial charge is 0.249 e. The van der Waals surface area contributed by atoms with Gasteiger partial charge in [-0.25, -0.2) is 0 Å². The molecule has 0 bridgehead atoms. The van der Waals surface area contributed by atoms with E-state index in [1.54, 1.807) is 21.8 Å². The Morgan fingerprint density at radius 3 is 2.74 bits per heavy atom. The third-order valence-electron chi connectivity index (χ3n) is 2.85. The number of anilines is 1. The highest BCUT2D eigenvalue weighted by Crippen LogP contribution is 2.18. The first kappa shape index (κ1) is 13.6. The Morgan fingerprint density at radius 2 is 2.26 bits per heavy atom. The van der Waals surface area contributed by atoms with Crippen molar-refractivity contribution in [2.45, 2.75) is 26.3 Å². The predicted molar refractivity (Wildman–Crippen MR) is 73.1 cm³/mol. The van der Waals surface area contributed by atoms with Gasteiger partial charge in [0.2, 0.25) is 5.91 Å². The number of nitrogens with one attached hydrogen (secondary N) is 1. The highest BCUT2D eigenvalue weighted by molar-refractivity contribution is 6.30. The molecular formula is C12H16ClN5O. The Kier molecular flexibility index (Phi) is 3.90. The lowest BCUT2D eigenvalue weighted by atomic mass is 10.2. The third kappa shape index (κ3) is 2.96. The fourth-order valence-corrected chi connectivity index (χ4v) is 2.06. The summed E-state index contributed by atoms with van der Waals surface area (Å²) in [6.07, 6.45) is 5.57. The van der Waals surface area contributed by atoms with Crippen molar-refractivity contribution >= 4 is 23.2 Å². The molecule has 6 nitrogen and oxygen atoms in total. The monoisotopic (exact) mass is 281 g/mol. The second-order valence-electron chi connectivity index (χ2n) is 4.35. The molecule has 0 aliphatic heterocycles. The summed E-state index contributed by atoms with van der Waals surface area (Å²) in [5.41, 5.74) is 1.49. The van der Waals surface area contributed by atoms with Gasteiger partial charge in [0.1, 0.15) is 6.04 Å². The molecule has 0 saturated heterocycles. The van der Waals surface area contributed by atoms with E-state index >= 15 is 0 Å². The second-order valence-corrected chi connectivity index (χ2v) is 4.79. The van der Waals surface area contributed by atoms with Crippen molar-refractivity contribution in [3.05, 3.63) is 29.3 Å². The van der Waals surface area contributed by atoms with Crippen LogP contribution in [0.3, 0.4) is 0 Å². The van der Waals surface area contributed by atoms with Crippen LogP contribution in [0.5, 0.6) is 0 Å². The summed E-state index contributed by atoms with van der Waals surface area (Å²) in [6, 6.07) is -0.382. The normalized spacial score (nSPS) is 12.4. The molecule has 1 atom stereocenters. The van der Waals surface area contributed by atoms with Crippen molar-refractivity contribution in [2.24, 2.45) is 7.05 Å². The molecule has 0 aliphatic rings. The quantitative estimate of drug-likeness (QED) is 0.934. The van der Waals surface area contributed by atoms with Gasteiger partial charge in [0, 0.05) is 19.4 Å². The summed E-state index contributed by atoms with van der Waals surface area (Å²) >= 11 is 5.83. The first-order chi connectivity index (χ1) is 9.01. The van der Waals surface area contributed by atoms with Crippen LogP contribution in [0.25, 0.3) is 0 Å². The van der Waals surface area contributed by atoms with Crippen LogP contribution in [0.1, 0.15) is 25.1 Å². The number of rotatable bonds is 4. The number of carbonyl (C=O) groups excluding carboxylic acids is 1. The van der Waals surface area contributed by atoms with Gasteiger partial charge in [-0.3, -0.25) is 14.2 Å². The van der Waals surface area contributed by atoms with Crippen molar-refractivity contribution in [3.8, 4) is 0 Å². The molecule has 102 valence electrons. The Hall–Kier alpha value is -1.82. The molecule has 2 aromatic heterocycles. The Bertz CT molecular complexity index is 589. The van der Waals surface area contributed by atoms with Gasteiger partial charge in [0.15, 0.2) is 0 Å². The Labute approximate surface area is 116 Å². The van der Waals surface area contributed by atoms with E-state index in [0.29, 0.717) is 17.1 Å². The Morgan fingerprint density at radius 1 is 1.53 bits per heavy atom. The number of aromatic nitrogens is 4. The van der Waals surface area contributed by atoms with E-state index in [4.69, 9.17) is 11.6 Å². The van der Waals surface area contributed by atoms with Crippen LogP contribution in [0, 0.1) is 6.92 Å². The average molecular weight is 282 g/mol. The first-order valence-corrected chi connectivity index (χ1v) is 6.39. The SMILES string of the molecule is CCC(C(=O)Nc1cn(C)nc1C)n1cc(Cl)cn1. The minimum atomic E-state index is -0.382. The number of aryl methyl sites for hydroxylation is 2. The zero-order valence-corrected chi connectivity index (χ0v) is 11.8. The van der Waals surface area contributed by atoms with E-state index in [-0.39, 0.29) is 11.9 Å². The zero-order chi connectivity index (χ0) is 14.0. The highest BCUT2D eigenvalue weighted by Gasteiger charge is 2.20. The topological polar surface area (TPSA) is 64.7 Å². The second kappa shape index (κ2) is 5.44. The minimum absolute atomic E-state index is 0.127. The van der Waals surface area contributed by atoms with Crippen LogP contribution < -0.4 is 5.32 Å². The number of carbonyl (C=O) groups is 1. The summed E-state index contributed by atoms with van der Waals surface area (Å²) in [5.74, 6) is -0.127. The van der Waals surface area contributed by atoms with Crippen LogP contribution in [-0.2, 0) is 11.8 Å². The summed E-state index contributed by atoms with van der Waals surface area (Å²) in [4.78, 5) is 12.3. The number of amides is 1. The lowest BCUT2D eigenvalue weighted by Crippen LogP contribution is -2.26. The first-order valence-electron chi connectivity index (χ1n) is 6.02. The van der Waals surface area contributed by atoms with E-state index < -0.39 is 0 Å². The Balaban J connectivity index is 2.15. The molecule has 1 N–H and O–H groups in total. The number of hydrogen-bond acceptors (Lipinski definition) is 3. The molecule has 0 radical (unpaired) electrons. The van der Waals surface area contributed by atoms with Crippen molar-refractivity contribution in [3.63, 3.8) is 0 Å². The fourth-order valence-electron chi connectivity index (χ4n) is 1.92. The van der Waals surface area contributed by atoms with E-state index in [1.165, 1.54) is 6.20 Å². The van der Waals surface area contributed by atoms with Gasteiger partial charge in [0.25, 0.3) is 0 Å². The molecule has 1 amide bonds. The molecule has 2 rings (SSSR count). The van der Waals surface area contributed by atoms with E-state index in [2.05, 4.69) is 15.5 Å². The molecule has 0 saturated carbocycles. The zero-order valence-electron chi connectivity index (χ0n) is 11.1. The maximum absolute atomic E-state index is 12.3. The standard InChI is InChI=1S/C12H16ClN5O/c1-4-11(18-6-9(13)5-14-18)12(19)15-10-7-17(3)16-8(10)2/h5-7,11H,4H2,1-3H3,(H,15,19). The van der Waals surface area contributed by atoms with Gasteiger partial charge in [-0.1, -0.05) is 18.5 Å². The van der Waals surface area contributed by atoms with E-state index in [9.17, 15) is 4.79 Å². The maximum atomic E-state index is 12.3. The number of halogens is 1. The van der Waals surface area contributed by atoms with Crippen LogP contribution >= 0.6 is 11.6 Å². The largest absolute Gasteiger partial charge is 0.321 e. The fraction of sp³-hybridized carbons (Fsp3) is 0.417. The summed E-state index contributed by atoms with van der Waals surface area (Å²) in [7, 11) is 1.81. The molecule has 19 heavy (non-hydrogen) atoms. The molecule has 7 heteroatoms. The molecule has 0 aliphatic carbocycles. The van der Waals surface area contributed by atoms with Crippen LogP contribution in [0.15, 0.2) is 18.6 Å². The van der Waals surface area contributed by atoms with Gasteiger partial charge in [-0.2, -0.15) is 10.2 Å². The van der Waals surface area contributed by atoms with Gasteiger partial charge in [-0.05, 0) is 13.3 Å². The number of hydrogen-bond donors (Lipinski definition) is 1. The molecular weight excluding hydrogens is 266 g/mol. The van der Waals surface area contributed by atoms with Crippen molar-refractivity contribution in [1.29, 1.82) is 0 Å². The molecule has 0 spiro atoms. The van der Waals surface area contributed by atoms with Crippen LogP contribution in [-0.4, -0.2) is 25.5 Å². The van der Waals surface area contributed by atoms with Gasteiger partial charge >= 0.3 is 0 Å². The lowest BCUT2D eigenvalue weighted by Gasteiger charge is -2.14. The number of nitrogens with zero attached hydrogens (tertiary/aromatic N) is 4. The average Bonchev–Trinajstić information content (AvgIpc) is 2.87. The summed E-state index contributed by atoms with van der Waals surface area (Å²) in [5, 5.41) is 11.6. The molecule has 0 fully saturated rings. The summed E-state index contributed by atoms with van der Waals surface area (Å²) < 4.78 is 3.24. The lowest BCUT2D eigenvalue weighted by molar-refractivity contribution is -0.119. The molecule has 1 unspecified atom stereocenters. The van der Waals surface area contributed by atoms with Crippen molar-refractivity contribution < 1.29 is 4.79 Å². The minimum Gasteiger partial charge on any atom is -0.321 e. The molecule has 2 heterocycles. The van der Waals surface area contributed by atoms with E-state index in [1.807, 2.05) is 20.9 Å². The van der Waals surface area contributed by atoms with Gasteiger partial charge < -0.3 is 5.32 Å². The van der Waals surface area contributed by atoms with Crippen LogP contribution in [0.4, 0.5) is 5.69 Å². The van der Waals surface area contributed by atoms with E-state index in [0.717, 1.165) is 5.69 Å². The van der Waals surface area contributed by atoms with Crippen LogP contribution in [0.2, 0.25) is 5.02 Å². The third-order valence-corrected chi connectivity index (χ3v) is 3.05. The molecule has 0 aromatic carbocycles. The van der Waals surface area contributed by atoms with Gasteiger partial charge in [0.05, 0.1) is 22.6 Å². The summed E-state index contributed by atoms with van der Waals surface area (Å²) in [6.45, 7) is 3.78. The maximum Gasteiger partial charge on any atom is 0.249 e. The highest BCUT2D eigenvalue weighted by atomic mass is 35.5.